The minimum atomic E-state index is -0.272. The van der Waals surface area contributed by atoms with Crippen LogP contribution in [0.5, 0.6) is 0 Å². The maximum absolute atomic E-state index is 5.47. The van der Waals surface area contributed by atoms with E-state index in [0.29, 0.717) is 11.8 Å². The summed E-state index contributed by atoms with van der Waals surface area (Å²) in [5, 5.41) is 7.57. The van der Waals surface area contributed by atoms with E-state index in [1.165, 1.54) is 11.1 Å². The normalized spacial score (nSPS) is 15.6. The summed E-state index contributed by atoms with van der Waals surface area (Å²) in [7, 11) is 0. The second kappa shape index (κ2) is 5.02. The minimum absolute atomic E-state index is 0.272. The molecular formula is C16H21N3O. The molecule has 4 heteroatoms. The van der Waals surface area contributed by atoms with Crippen molar-refractivity contribution in [2.45, 2.75) is 45.1 Å². The zero-order valence-corrected chi connectivity index (χ0v) is 12.3. The van der Waals surface area contributed by atoms with Crippen molar-refractivity contribution in [3.63, 3.8) is 0 Å². The maximum Gasteiger partial charge on any atom is 0.246 e. The van der Waals surface area contributed by atoms with Gasteiger partial charge in [-0.3, -0.25) is 0 Å². The molecule has 2 aromatic rings. The number of rotatable bonds is 4. The Kier molecular flexibility index (Phi) is 3.34. The molecule has 0 saturated heterocycles. The van der Waals surface area contributed by atoms with Crippen molar-refractivity contribution in [1.29, 1.82) is 0 Å². The van der Waals surface area contributed by atoms with Gasteiger partial charge in [0.25, 0.3) is 0 Å². The van der Waals surface area contributed by atoms with E-state index in [9.17, 15) is 0 Å². The van der Waals surface area contributed by atoms with Crippen LogP contribution in [-0.4, -0.2) is 16.7 Å². The van der Waals surface area contributed by atoms with Crippen molar-refractivity contribution in [2.24, 2.45) is 0 Å². The average molecular weight is 271 g/mol. The summed E-state index contributed by atoms with van der Waals surface area (Å²) in [4.78, 5) is 4.63. The summed E-state index contributed by atoms with van der Waals surface area (Å²) in [6.07, 6.45) is 2.02. The minimum Gasteiger partial charge on any atom is -0.337 e. The zero-order valence-electron chi connectivity index (χ0n) is 12.3. The lowest BCUT2D eigenvalue weighted by Crippen LogP contribution is -2.36. The predicted molar refractivity (Wildman–Crippen MR) is 77.6 cm³/mol. The Bertz CT molecular complexity index is 578. The van der Waals surface area contributed by atoms with Crippen LogP contribution in [0, 0.1) is 0 Å². The second-order valence-electron chi connectivity index (χ2n) is 5.99. The first-order valence-corrected chi connectivity index (χ1v) is 7.26. The van der Waals surface area contributed by atoms with Crippen molar-refractivity contribution in [2.75, 3.05) is 6.54 Å². The number of fused-ring (bicyclic) bond motifs is 1. The lowest BCUT2D eigenvalue weighted by Gasteiger charge is -2.20. The van der Waals surface area contributed by atoms with Gasteiger partial charge in [-0.15, -0.1) is 0 Å². The van der Waals surface area contributed by atoms with Gasteiger partial charge in [-0.25, -0.2) is 0 Å². The summed E-state index contributed by atoms with van der Waals surface area (Å²) in [5.41, 5.74) is 2.55. The number of aromatic nitrogens is 2. The molecule has 0 atom stereocenters. The van der Waals surface area contributed by atoms with E-state index in [1.54, 1.807) is 0 Å². The van der Waals surface area contributed by atoms with Gasteiger partial charge in [0, 0.05) is 5.92 Å². The van der Waals surface area contributed by atoms with Gasteiger partial charge in [0.2, 0.25) is 5.89 Å². The summed E-state index contributed by atoms with van der Waals surface area (Å²) >= 11 is 0. The van der Waals surface area contributed by atoms with Crippen LogP contribution in [0.3, 0.4) is 0 Å². The van der Waals surface area contributed by atoms with Crippen LogP contribution in [-0.2, 0) is 18.4 Å². The Balaban J connectivity index is 1.79. The first kappa shape index (κ1) is 13.3. The van der Waals surface area contributed by atoms with Crippen molar-refractivity contribution in [1.82, 2.24) is 15.5 Å². The van der Waals surface area contributed by atoms with Crippen molar-refractivity contribution in [3.8, 4) is 0 Å². The highest BCUT2D eigenvalue weighted by atomic mass is 16.5. The standard InChI is InChI=1S/C16H21N3O/c1-4-17-16(2,3)15-18-14(19-20-15)13-9-11-7-5-6-8-12(11)10-13/h5-8,13,17H,4,9-10H2,1-3H3. The molecule has 1 aliphatic rings. The molecule has 0 fully saturated rings. The van der Waals surface area contributed by atoms with E-state index >= 15 is 0 Å². The quantitative estimate of drug-likeness (QED) is 0.929. The highest BCUT2D eigenvalue weighted by Gasteiger charge is 2.31. The van der Waals surface area contributed by atoms with Gasteiger partial charge in [0.15, 0.2) is 5.82 Å². The van der Waals surface area contributed by atoms with Gasteiger partial charge in [-0.2, -0.15) is 4.98 Å². The molecule has 20 heavy (non-hydrogen) atoms. The van der Waals surface area contributed by atoms with Crippen molar-refractivity contribution < 1.29 is 4.52 Å². The predicted octanol–water partition coefficient (Wildman–Crippen LogP) is 2.80. The van der Waals surface area contributed by atoms with Crippen molar-refractivity contribution in [3.05, 3.63) is 47.1 Å². The van der Waals surface area contributed by atoms with E-state index in [2.05, 4.69) is 60.5 Å². The summed E-state index contributed by atoms with van der Waals surface area (Å²) in [5.74, 6) is 1.86. The monoisotopic (exact) mass is 271 g/mol. The molecule has 1 heterocycles. The van der Waals surface area contributed by atoms with Crippen LogP contribution in [0.2, 0.25) is 0 Å². The van der Waals surface area contributed by atoms with E-state index in [4.69, 9.17) is 4.52 Å². The van der Waals surface area contributed by atoms with E-state index in [1.807, 2.05) is 0 Å². The average Bonchev–Trinajstić information content (AvgIpc) is 3.05. The van der Waals surface area contributed by atoms with Gasteiger partial charge < -0.3 is 9.84 Å². The van der Waals surface area contributed by atoms with Crippen LogP contribution in [0.25, 0.3) is 0 Å². The largest absolute Gasteiger partial charge is 0.337 e. The van der Waals surface area contributed by atoms with Gasteiger partial charge in [0.1, 0.15) is 0 Å². The number of hydrogen-bond donors (Lipinski definition) is 1. The molecular weight excluding hydrogens is 250 g/mol. The Morgan fingerprint density at radius 1 is 1.25 bits per heavy atom. The fourth-order valence-electron chi connectivity index (χ4n) is 2.91. The maximum atomic E-state index is 5.47. The Morgan fingerprint density at radius 2 is 1.90 bits per heavy atom. The molecule has 0 bridgehead atoms. The van der Waals surface area contributed by atoms with Gasteiger partial charge in [-0.05, 0) is 44.4 Å². The molecule has 0 spiro atoms. The van der Waals surface area contributed by atoms with Gasteiger partial charge in [-0.1, -0.05) is 36.3 Å². The zero-order chi connectivity index (χ0) is 14.2. The molecule has 0 radical (unpaired) electrons. The third-order valence-electron chi connectivity index (χ3n) is 4.01. The summed E-state index contributed by atoms with van der Waals surface area (Å²) in [6, 6.07) is 8.58. The lowest BCUT2D eigenvalue weighted by atomic mass is 10.0. The van der Waals surface area contributed by atoms with E-state index in [0.717, 1.165) is 25.2 Å². The molecule has 1 aromatic carbocycles. The molecule has 1 aliphatic carbocycles. The second-order valence-corrected chi connectivity index (χ2v) is 5.99. The van der Waals surface area contributed by atoms with Crippen LogP contribution >= 0.6 is 0 Å². The van der Waals surface area contributed by atoms with Crippen LogP contribution in [0.1, 0.15) is 49.5 Å². The Morgan fingerprint density at radius 3 is 2.50 bits per heavy atom. The number of nitrogens with one attached hydrogen (secondary N) is 1. The van der Waals surface area contributed by atoms with Crippen LogP contribution < -0.4 is 5.32 Å². The molecule has 0 saturated carbocycles. The topological polar surface area (TPSA) is 51.0 Å². The van der Waals surface area contributed by atoms with Gasteiger partial charge >= 0.3 is 0 Å². The lowest BCUT2D eigenvalue weighted by molar-refractivity contribution is 0.270. The summed E-state index contributed by atoms with van der Waals surface area (Å²) in [6.45, 7) is 7.08. The number of nitrogens with zero attached hydrogens (tertiary/aromatic N) is 2. The molecule has 0 aliphatic heterocycles. The fourth-order valence-corrected chi connectivity index (χ4v) is 2.91. The smallest absolute Gasteiger partial charge is 0.246 e. The SMILES string of the molecule is CCNC(C)(C)c1nc(C2Cc3ccccc3C2)no1. The highest BCUT2D eigenvalue weighted by molar-refractivity contribution is 5.34. The fraction of sp³-hybridized carbons (Fsp3) is 0.500. The third-order valence-corrected chi connectivity index (χ3v) is 4.01. The van der Waals surface area contributed by atoms with Crippen LogP contribution in [0.4, 0.5) is 0 Å². The molecule has 106 valence electrons. The number of benzene rings is 1. The van der Waals surface area contributed by atoms with Crippen LogP contribution in [0.15, 0.2) is 28.8 Å². The molecule has 1 aromatic heterocycles. The molecule has 3 rings (SSSR count). The molecule has 0 amide bonds. The molecule has 4 nitrogen and oxygen atoms in total. The Hall–Kier alpha value is -1.68. The first-order chi connectivity index (χ1) is 9.60. The van der Waals surface area contributed by atoms with Crippen molar-refractivity contribution >= 4 is 0 Å². The Labute approximate surface area is 119 Å². The highest BCUT2D eigenvalue weighted by Crippen LogP contribution is 2.33. The third kappa shape index (κ3) is 2.36. The van der Waals surface area contributed by atoms with E-state index in [-0.39, 0.29) is 5.54 Å². The van der Waals surface area contributed by atoms with E-state index < -0.39 is 0 Å². The molecule has 1 N–H and O–H groups in total. The summed E-state index contributed by atoms with van der Waals surface area (Å²) < 4.78 is 5.47. The first-order valence-electron chi connectivity index (χ1n) is 7.26. The number of hydrogen-bond acceptors (Lipinski definition) is 4. The molecule has 0 unspecified atom stereocenters. The van der Waals surface area contributed by atoms with Gasteiger partial charge in [0.05, 0.1) is 5.54 Å².